The van der Waals surface area contributed by atoms with Gasteiger partial charge in [-0.25, -0.2) is 0 Å². The predicted octanol–water partition coefficient (Wildman–Crippen LogP) is 3.68. The Balaban J connectivity index is 2.02. The summed E-state index contributed by atoms with van der Waals surface area (Å²) in [5.41, 5.74) is 0.914. The van der Waals surface area contributed by atoms with Crippen molar-refractivity contribution in [2.75, 3.05) is 0 Å². The van der Waals surface area contributed by atoms with Gasteiger partial charge < -0.3 is 10.4 Å². The lowest BCUT2D eigenvalue weighted by Crippen LogP contribution is -2.45. The van der Waals surface area contributed by atoms with Crippen molar-refractivity contribution >= 4 is 11.6 Å². The molecular formula is C15H22ClNO. The Kier molecular flexibility index (Phi) is 5.04. The molecule has 0 radical (unpaired) electrons. The van der Waals surface area contributed by atoms with Crippen LogP contribution in [0.25, 0.3) is 0 Å². The third-order valence-corrected chi connectivity index (χ3v) is 3.96. The number of hydrogen-bond donors (Lipinski definition) is 2. The van der Waals surface area contributed by atoms with Gasteiger partial charge in [-0.15, -0.1) is 0 Å². The molecule has 1 heterocycles. The Morgan fingerprint density at radius 3 is 3.00 bits per heavy atom. The van der Waals surface area contributed by atoms with E-state index in [9.17, 15) is 5.11 Å². The molecule has 1 unspecified atom stereocenters. The van der Waals surface area contributed by atoms with E-state index in [2.05, 4.69) is 12.2 Å². The molecule has 1 aromatic carbocycles. The largest absolute Gasteiger partial charge is 0.387 e. The molecule has 0 spiro atoms. The average Bonchev–Trinajstić information content (AvgIpc) is 2.39. The van der Waals surface area contributed by atoms with Crippen LogP contribution in [-0.4, -0.2) is 17.2 Å². The van der Waals surface area contributed by atoms with Crippen LogP contribution in [0, 0.1) is 0 Å². The molecule has 1 aromatic rings. The van der Waals surface area contributed by atoms with Gasteiger partial charge in [0.15, 0.2) is 0 Å². The average molecular weight is 268 g/mol. The number of hydrogen-bond acceptors (Lipinski definition) is 2. The van der Waals surface area contributed by atoms with Crippen molar-refractivity contribution in [3.8, 4) is 0 Å². The van der Waals surface area contributed by atoms with Crippen LogP contribution < -0.4 is 5.32 Å². The van der Waals surface area contributed by atoms with Gasteiger partial charge in [0.2, 0.25) is 0 Å². The van der Waals surface area contributed by atoms with Gasteiger partial charge in [-0.3, -0.25) is 0 Å². The zero-order valence-electron chi connectivity index (χ0n) is 10.9. The molecule has 3 heteroatoms. The van der Waals surface area contributed by atoms with Crippen LogP contribution in [0.3, 0.4) is 0 Å². The molecule has 0 aromatic heterocycles. The minimum absolute atomic E-state index is 0.161. The van der Waals surface area contributed by atoms with E-state index in [0.29, 0.717) is 11.1 Å². The zero-order chi connectivity index (χ0) is 13.0. The summed E-state index contributed by atoms with van der Waals surface area (Å²) in [6, 6.07) is 8.26. The number of aliphatic hydroxyl groups excluding tert-OH is 1. The summed E-state index contributed by atoms with van der Waals surface area (Å²) in [5, 5.41) is 14.7. The minimum atomic E-state index is -0.455. The maximum Gasteiger partial charge on any atom is 0.0943 e. The van der Waals surface area contributed by atoms with Gasteiger partial charge in [0.1, 0.15) is 0 Å². The van der Waals surface area contributed by atoms with Gasteiger partial charge in [-0.1, -0.05) is 43.5 Å². The first kappa shape index (κ1) is 13.9. The van der Waals surface area contributed by atoms with Crippen molar-refractivity contribution in [3.05, 3.63) is 34.9 Å². The standard InChI is InChI=1S/C15H22ClNO/c1-2-5-13-8-4-9-14(17-13)15(18)11-6-3-7-12(16)10-11/h3,6-7,10,13-15,17-18H,2,4-5,8-9H2,1H3/t13-,14+,15?/m0/s1. The number of benzene rings is 1. The first-order valence-electron chi connectivity index (χ1n) is 6.90. The molecule has 2 rings (SSSR count). The Morgan fingerprint density at radius 2 is 2.28 bits per heavy atom. The summed E-state index contributed by atoms with van der Waals surface area (Å²) in [6.45, 7) is 2.21. The molecule has 0 saturated carbocycles. The Hall–Kier alpha value is -0.570. The maximum absolute atomic E-state index is 10.4. The van der Waals surface area contributed by atoms with Gasteiger partial charge in [-0.05, 0) is 37.0 Å². The fourth-order valence-electron chi connectivity index (χ4n) is 2.80. The van der Waals surface area contributed by atoms with Crippen molar-refractivity contribution < 1.29 is 5.11 Å². The quantitative estimate of drug-likeness (QED) is 0.872. The van der Waals surface area contributed by atoms with E-state index >= 15 is 0 Å². The molecule has 1 aliphatic rings. The molecule has 1 fully saturated rings. The van der Waals surface area contributed by atoms with Crippen LogP contribution in [0.5, 0.6) is 0 Å². The second kappa shape index (κ2) is 6.55. The fraction of sp³-hybridized carbons (Fsp3) is 0.600. The molecule has 2 nitrogen and oxygen atoms in total. The highest BCUT2D eigenvalue weighted by Crippen LogP contribution is 2.27. The summed E-state index contributed by atoms with van der Waals surface area (Å²) >= 11 is 5.97. The van der Waals surface area contributed by atoms with E-state index in [4.69, 9.17) is 11.6 Å². The normalized spacial score (nSPS) is 25.9. The molecule has 18 heavy (non-hydrogen) atoms. The smallest absolute Gasteiger partial charge is 0.0943 e. The third-order valence-electron chi connectivity index (χ3n) is 3.73. The highest BCUT2D eigenvalue weighted by molar-refractivity contribution is 6.30. The van der Waals surface area contributed by atoms with Crippen LogP contribution in [0.2, 0.25) is 5.02 Å². The topological polar surface area (TPSA) is 32.3 Å². The summed E-state index contributed by atoms with van der Waals surface area (Å²) in [4.78, 5) is 0. The van der Waals surface area contributed by atoms with Crippen LogP contribution in [-0.2, 0) is 0 Å². The molecule has 3 atom stereocenters. The molecular weight excluding hydrogens is 246 g/mol. The van der Waals surface area contributed by atoms with E-state index in [0.717, 1.165) is 12.0 Å². The van der Waals surface area contributed by atoms with Crippen molar-refractivity contribution in [1.82, 2.24) is 5.32 Å². The van der Waals surface area contributed by atoms with E-state index in [-0.39, 0.29) is 6.04 Å². The van der Waals surface area contributed by atoms with Crippen LogP contribution in [0.15, 0.2) is 24.3 Å². The zero-order valence-corrected chi connectivity index (χ0v) is 11.7. The second-order valence-corrected chi connectivity index (χ2v) is 5.63. The monoisotopic (exact) mass is 267 g/mol. The van der Waals surface area contributed by atoms with E-state index in [1.165, 1.54) is 25.7 Å². The Labute approximate surface area is 114 Å². The van der Waals surface area contributed by atoms with E-state index in [1.807, 2.05) is 24.3 Å². The van der Waals surface area contributed by atoms with Gasteiger partial charge in [0, 0.05) is 17.1 Å². The van der Waals surface area contributed by atoms with Crippen molar-refractivity contribution in [2.45, 2.75) is 57.2 Å². The molecule has 1 saturated heterocycles. The maximum atomic E-state index is 10.4. The van der Waals surface area contributed by atoms with Gasteiger partial charge in [0.25, 0.3) is 0 Å². The summed E-state index contributed by atoms with van der Waals surface area (Å²) in [5.74, 6) is 0. The van der Waals surface area contributed by atoms with Gasteiger partial charge in [0.05, 0.1) is 6.10 Å². The van der Waals surface area contributed by atoms with E-state index < -0.39 is 6.10 Å². The first-order valence-corrected chi connectivity index (χ1v) is 7.28. The predicted molar refractivity (Wildman–Crippen MR) is 75.9 cm³/mol. The Bertz CT molecular complexity index is 381. The number of rotatable bonds is 4. The molecule has 1 aliphatic heterocycles. The number of halogens is 1. The third kappa shape index (κ3) is 3.47. The molecule has 0 aliphatic carbocycles. The molecule has 0 bridgehead atoms. The number of piperidine rings is 1. The molecule has 2 N–H and O–H groups in total. The minimum Gasteiger partial charge on any atom is -0.387 e. The Morgan fingerprint density at radius 1 is 1.44 bits per heavy atom. The van der Waals surface area contributed by atoms with Crippen molar-refractivity contribution in [2.24, 2.45) is 0 Å². The second-order valence-electron chi connectivity index (χ2n) is 5.19. The summed E-state index contributed by atoms with van der Waals surface area (Å²) in [6.07, 6.45) is 5.39. The molecule has 0 amide bonds. The molecule has 100 valence electrons. The van der Waals surface area contributed by atoms with E-state index in [1.54, 1.807) is 0 Å². The lowest BCUT2D eigenvalue weighted by molar-refractivity contribution is 0.0998. The lowest BCUT2D eigenvalue weighted by Gasteiger charge is -2.34. The highest BCUT2D eigenvalue weighted by atomic mass is 35.5. The van der Waals surface area contributed by atoms with Crippen LogP contribution in [0.4, 0.5) is 0 Å². The number of aliphatic hydroxyl groups is 1. The lowest BCUT2D eigenvalue weighted by atomic mass is 9.90. The summed E-state index contributed by atoms with van der Waals surface area (Å²) < 4.78 is 0. The van der Waals surface area contributed by atoms with Gasteiger partial charge >= 0.3 is 0 Å². The number of nitrogens with one attached hydrogen (secondary N) is 1. The van der Waals surface area contributed by atoms with Crippen LogP contribution in [0.1, 0.15) is 50.7 Å². The van der Waals surface area contributed by atoms with Crippen molar-refractivity contribution in [1.29, 1.82) is 0 Å². The SMILES string of the molecule is CCC[C@H]1CCC[C@H](C(O)c2cccc(Cl)c2)N1. The van der Waals surface area contributed by atoms with Crippen molar-refractivity contribution in [3.63, 3.8) is 0 Å². The fourth-order valence-corrected chi connectivity index (χ4v) is 3.00. The van der Waals surface area contributed by atoms with Crippen LogP contribution >= 0.6 is 11.6 Å². The first-order chi connectivity index (χ1) is 8.70. The van der Waals surface area contributed by atoms with Gasteiger partial charge in [-0.2, -0.15) is 0 Å². The highest BCUT2D eigenvalue weighted by Gasteiger charge is 2.26. The summed E-state index contributed by atoms with van der Waals surface area (Å²) in [7, 11) is 0.